The predicted octanol–water partition coefficient (Wildman–Crippen LogP) is 3.98. The molecule has 0 unspecified atom stereocenters. The summed E-state index contributed by atoms with van der Waals surface area (Å²) in [5.41, 5.74) is -0.793. The van der Waals surface area contributed by atoms with Gasteiger partial charge in [0.2, 0.25) is 0 Å². The summed E-state index contributed by atoms with van der Waals surface area (Å²) in [6.07, 6.45) is 0.422. The Kier molecular flexibility index (Phi) is 4.83. The first kappa shape index (κ1) is 14.3. The van der Waals surface area contributed by atoms with Crippen molar-refractivity contribution >= 4 is 33.5 Å². The van der Waals surface area contributed by atoms with E-state index < -0.39 is 11.4 Å². The predicted molar refractivity (Wildman–Crippen MR) is 70.7 cm³/mol. The second-order valence-electron chi connectivity index (χ2n) is 4.36. The monoisotopic (exact) mass is 320 g/mol. The fourth-order valence-electron chi connectivity index (χ4n) is 1.11. The number of aliphatic carboxylic acids is 1. The molecule has 1 aromatic carbocycles. The van der Waals surface area contributed by atoms with E-state index in [1.807, 2.05) is 6.07 Å². The largest absolute Gasteiger partial charge is 0.492 e. The molecule has 0 aliphatic rings. The lowest BCUT2D eigenvalue weighted by Gasteiger charge is -2.19. The molecule has 5 heteroatoms. The molecule has 0 amide bonds. The van der Waals surface area contributed by atoms with E-state index in [0.717, 1.165) is 4.47 Å². The van der Waals surface area contributed by atoms with Crippen molar-refractivity contribution < 1.29 is 14.6 Å². The van der Waals surface area contributed by atoms with Crippen LogP contribution in [0.5, 0.6) is 5.75 Å². The smallest absolute Gasteiger partial charge is 0.309 e. The van der Waals surface area contributed by atoms with Crippen LogP contribution in [0.2, 0.25) is 5.02 Å². The number of rotatable bonds is 5. The fourth-order valence-corrected chi connectivity index (χ4v) is 1.62. The molecule has 0 heterocycles. The summed E-state index contributed by atoms with van der Waals surface area (Å²) in [6.45, 7) is 3.65. The van der Waals surface area contributed by atoms with Gasteiger partial charge in [0.1, 0.15) is 5.75 Å². The molecule has 0 aliphatic carbocycles. The molecule has 0 fully saturated rings. The van der Waals surface area contributed by atoms with Crippen molar-refractivity contribution in [2.45, 2.75) is 20.3 Å². The Morgan fingerprint density at radius 2 is 2.18 bits per heavy atom. The van der Waals surface area contributed by atoms with E-state index in [1.165, 1.54) is 0 Å². The number of carboxylic acids is 1. The van der Waals surface area contributed by atoms with E-state index in [9.17, 15) is 4.79 Å². The van der Waals surface area contributed by atoms with Crippen LogP contribution < -0.4 is 4.74 Å². The Labute approximate surface area is 114 Å². The zero-order valence-corrected chi connectivity index (χ0v) is 12.0. The summed E-state index contributed by atoms with van der Waals surface area (Å²) >= 11 is 9.26. The van der Waals surface area contributed by atoms with Crippen molar-refractivity contribution in [1.29, 1.82) is 0 Å². The number of halogens is 2. The Hall–Kier alpha value is -0.740. The standard InChI is InChI=1S/C12H14BrClO3/c1-12(2,11(15)16)5-6-17-10-7-8(13)3-4-9(10)14/h3-4,7H,5-6H2,1-2H3,(H,15,16). The number of carboxylic acid groups (broad SMARTS) is 1. The lowest BCUT2D eigenvalue weighted by molar-refractivity contribution is -0.147. The maximum Gasteiger partial charge on any atom is 0.309 e. The summed E-state index contributed by atoms with van der Waals surface area (Å²) in [6, 6.07) is 5.30. The normalized spacial score (nSPS) is 11.3. The first-order chi connectivity index (χ1) is 7.83. The van der Waals surface area contributed by atoms with Crippen molar-refractivity contribution in [3.05, 3.63) is 27.7 Å². The van der Waals surface area contributed by atoms with Gasteiger partial charge in [-0.25, -0.2) is 0 Å². The second kappa shape index (κ2) is 5.74. The zero-order valence-electron chi connectivity index (χ0n) is 9.67. The third kappa shape index (κ3) is 4.21. The van der Waals surface area contributed by atoms with Crippen molar-refractivity contribution in [3.63, 3.8) is 0 Å². The number of ether oxygens (including phenoxy) is 1. The molecular formula is C12H14BrClO3. The first-order valence-electron chi connectivity index (χ1n) is 5.14. The van der Waals surface area contributed by atoms with E-state index in [-0.39, 0.29) is 0 Å². The van der Waals surface area contributed by atoms with Crippen LogP contribution in [0.1, 0.15) is 20.3 Å². The summed E-state index contributed by atoms with van der Waals surface area (Å²) in [7, 11) is 0. The van der Waals surface area contributed by atoms with Crippen LogP contribution in [0.3, 0.4) is 0 Å². The van der Waals surface area contributed by atoms with Gasteiger partial charge in [0.25, 0.3) is 0 Å². The Morgan fingerprint density at radius 1 is 1.53 bits per heavy atom. The highest BCUT2D eigenvalue weighted by Gasteiger charge is 2.26. The van der Waals surface area contributed by atoms with Crippen LogP contribution in [0.15, 0.2) is 22.7 Å². The highest BCUT2D eigenvalue weighted by atomic mass is 79.9. The van der Waals surface area contributed by atoms with E-state index in [2.05, 4.69) is 15.9 Å². The summed E-state index contributed by atoms with van der Waals surface area (Å²) < 4.78 is 6.35. The molecule has 0 atom stereocenters. The Bertz CT molecular complexity index is 418. The van der Waals surface area contributed by atoms with Crippen molar-refractivity contribution in [2.75, 3.05) is 6.61 Å². The van der Waals surface area contributed by atoms with E-state index in [4.69, 9.17) is 21.4 Å². The van der Waals surface area contributed by atoms with Crippen LogP contribution in [0.25, 0.3) is 0 Å². The molecule has 17 heavy (non-hydrogen) atoms. The van der Waals surface area contributed by atoms with Crippen molar-refractivity contribution in [2.24, 2.45) is 5.41 Å². The topological polar surface area (TPSA) is 46.5 Å². The highest BCUT2D eigenvalue weighted by Crippen LogP contribution is 2.29. The van der Waals surface area contributed by atoms with E-state index in [0.29, 0.717) is 23.8 Å². The molecule has 0 saturated carbocycles. The molecule has 0 aliphatic heterocycles. The minimum absolute atomic E-state index is 0.315. The fraction of sp³-hybridized carbons (Fsp3) is 0.417. The number of hydrogen-bond acceptors (Lipinski definition) is 2. The average molecular weight is 322 g/mol. The lowest BCUT2D eigenvalue weighted by Crippen LogP contribution is -2.25. The highest BCUT2D eigenvalue weighted by molar-refractivity contribution is 9.10. The van der Waals surface area contributed by atoms with E-state index in [1.54, 1.807) is 26.0 Å². The molecular weight excluding hydrogens is 307 g/mol. The van der Waals surface area contributed by atoms with Gasteiger partial charge in [-0.05, 0) is 38.5 Å². The molecule has 0 radical (unpaired) electrons. The SMILES string of the molecule is CC(C)(CCOc1cc(Br)ccc1Cl)C(=O)O. The third-order valence-electron chi connectivity index (χ3n) is 2.46. The maximum absolute atomic E-state index is 10.9. The Morgan fingerprint density at radius 3 is 2.76 bits per heavy atom. The first-order valence-corrected chi connectivity index (χ1v) is 6.31. The molecule has 0 saturated heterocycles. The minimum Gasteiger partial charge on any atom is -0.492 e. The number of benzene rings is 1. The second-order valence-corrected chi connectivity index (χ2v) is 5.69. The quantitative estimate of drug-likeness (QED) is 0.892. The van der Waals surface area contributed by atoms with Crippen LogP contribution in [-0.4, -0.2) is 17.7 Å². The van der Waals surface area contributed by atoms with Crippen LogP contribution >= 0.6 is 27.5 Å². The maximum atomic E-state index is 10.9. The van der Waals surface area contributed by atoms with Crippen molar-refractivity contribution in [1.82, 2.24) is 0 Å². The number of hydrogen-bond donors (Lipinski definition) is 1. The molecule has 1 aromatic rings. The van der Waals surface area contributed by atoms with Gasteiger partial charge in [0.05, 0.1) is 17.0 Å². The van der Waals surface area contributed by atoms with E-state index >= 15 is 0 Å². The summed E-state index contributed by atoms with van der Waals surface area (Å²) in [5.74, 6) is -0.274. The zero-order chi connectivity index (χ0) is 13.1. The van der Waals surface area contributed by atoms with Crippen molar-refractivity contribution in [3.8, 4) is 5.75 Å². The van der Waals surface area contributed by atoms with Gasteiger partial charge in [-0.15, -0.1) is 0 Å². The van der Waals surface area contributed by atoms with Gasteiger partial charge in [0.15, 0.2) is 0 Å². The number of carbonyl (C=O) groups is 1. The molecule has 0 aromatic heterocycles. The van der Waals surface area contributed by atoms with Gasteiger partial charge in [-0.1, -0.05) is 27.5 Å². The minimum atomic E-state index is -0.832. The molecule has 1 rings (SSSR count). The molecule has 0 bridgehead atoms. The summed E-state index contributed by atoms with van der Waals surface area (Å²) in [5, 5.41) is 9.46. The molecule has 0 spiro atoms. The van der Waals surface area contributed by atoms with Gasteiger partial charge in [-0.3, -0.25) is 4.79 Å². The van der Waals surface area contributed by atoms with Crippen LogP contribution in [-0.2, 0) is 4.79 Å². The Balaban J connectivity index is 2.57. The molecule has 3 nitrogen and oxygen atoms in total. The molecule has 1 N–H and O–H groups in total. The van der Waals surface area contributed by atoms with Crippen LogP contribution in [0, 0.1) is 5.41 Å². The molecule has 94 valence electrons. The van der Waals surface area contributed by atoms with Gasteiger partial charge >= 0.3 is 5.97 Å². The average Bonchev–Trinajstić information content (AvgIpc) is 2.22. The third-order valence-corrected chi connectivity index (χ3v) is 3.26. The van der Waals surface area contributed by atoms with Gasteiger partial charge < -0.3 is 9.84 Å². The van der Waals surface area contributed by atoms with Gasteiger partial charge in [0, 0.05) is 4.47 Å². The van der Waals surface area contributed by atoms with Crippen LogP contribution in [0.4, 0.5) is 0 Å². The lowest BCUT2D eigenvalue weighted by atomic mass is 9.90. The van der Waals surface area contributed by atoms with Gasteiger partial charge in [-0.2, -0.15) is 0 Å². The summed E-state index contributed by atoms with van der Waals surface area (Å²) in [4.78, 5) is 10.9.